The van der Waals surface area contributed by atoms with E-state index in [0.717, 1.165) is 16.7 Å². The highest BCUT2D eigenvalue weighted by molar-refractivity contribution is 6.01. The van der Waals surface area contributed by atoms with Gasteiger partial charge < -0.3 is 9.84 Å². The number of benzene rings is 2. The molecule has 0 radical (unpaired) electrons. The molecule has 158 valence electrons. The van der Waals surface area contributed by atoms with Crippen LogP contribution in [0.1, 0.15) is 36.3 Å². The van der Waals surface area contributed by atoms with Gasteiger partial charge in [-0.3, -0.25) is 19.3 Å². The van der Waals surface area contributed by atoms with Crippen molar-refractivity contribution >= 4 is 23.4 Å². The van der Waals surface area contributed by atoms with E-state index < -0.39 is 0 Å². The van der Waals surface area contributed by atoms with Crippen LogP contribution >= 0.6 is 0 Å². The average molecular weight is 418 g/mol. The first-order valence-corrected chi connectivity index (χ1v) is 10.1. The van der Waals surface area contributed by atoms with Crippen molar-refractivity contribution in [2.24, 2.45) is 0 Å². The zero-order chi connectivity index (χ0) is 21.8. The summed E-state index contributed by atoms with van der Waals surface area (Å²) in [6.07, 6.45) is 1.09. The van der Waals surface area contributed by atoms with Gasteiger partial charge in [-0.15, -0.1) is 0 Å². The van der Waals surface area contributed by atoms with Crippen LogP contribution in [0.5, 0.6) is 0 Å². The maximum atomic E-state index is 12.3. The second-order valence-corrected chi connectivity index (χ2v) is 7.50. The van der Waals surface area contributed by atoms with E-state index in [0.29, 0.717) is 23.8 Å². The third-order valence-corrected chi connectivity index (χ3v) is 5.08. The summed E-state index contributed by atoms with van der Waals surface area (Å²) in [5, 5.41) is 6.79. The van der Waals surface area contributed by atoms with E-state index in [-0.39, 0.29) is 43.5 Å². The Morgan fingerprint density at radius 2 is 1.71 bits per heavy atom. The molecule has 0 spiro atoms. The summed E-state index contributed by atoms with van der Waals surface area (Å²) >= 11 is 0. The van der Waals surface area contributed by atoms with Crippen molar-refractivity contribution in [2.75, 3.05) is 5.32 Å². The van der Waals surface area contributed by atoms with Crippen LogP contribution in [0.25, 0.3) is 11.4 Å². The van der Waals surface area contributed by atoms with Crippen molar-refractivity contribution in [3.05, 3.63) is 65.5 Å². The van der Waals surface area contributed by atoms with Crippen molar-refractivity contribution < 1.29 is 18.9 Å². The Morgan fingerprint density at radius 3 is 2.39 bits per heavy atom. The second kappa shape index (κ2) is 8.91. The van der Waals surface area contributed by atoms with Gasteiger partial charge in [-0.05, 0) is 24.6 Å². The van der Waals surface area contributed by atoms with Gasteiger partial charge in [0.25, 0.3) is 0 Å². The molecule has 1 N–H and O–H groups in total. The summed E-state index contributed by atoms with van der Waals surface area (Å²) in [7, 11) is 0. The monoisotopic (exact) mass is 418 g/mol. The maximum Gasteiger partial charge on any atom is 0.229 e. The molecule has 31 heavy (non-hydrogen) atoms. The highest BCUT2D eigenvalue weighted by atomic mass is 16.5. The lowest BCUT2D eigenvalue weighted by Crippen LogP contribution is -2.28. The Kier molecular flexibility index (Phi) is 5.88. The number of hydrogen-bond donors (Lipinski definition) is 1. The molecule has 2 aromatic carbocycles. The first-order chi connectivity index (χ1) is 15.0. The number of carbonyl (C=O) groups is 3. The number of aryl methyl sites for hydroxylation is 2. The van der Waals surface area contributed by atoms with Crippen LogP contribution in [0, 0.1) is 6.92 Å². The molecular weight excluding hydrogens is 396 g/mol. The first kappa shape index (κ1) is 20.5. The minimum Gasteiger partial charge on any atom is -0.339 e. The summed E-state index contributed by atoms with van der Waals surface area (Å²) in [6, 6.07) is 14.9. The summed E-state index contributed by atoms with van der Waals surface area (Å²) < 4.78 is 5.25. The van der Waals surface area contributed by atoms with Gasteiger partial charge in [-0.2, -0.15) is 4.98 Å². The van der Waals surface area contributed by atoms with Gasteiger partial charge >= 0.3 is 0 Å². The highest BCUT2D eigenvalue weighted by Crippen LogP contribution is 2.19. The molecule has 0 aliphatic carbocycles. The summed E-state index contributed by atoms with van der Waals surface area (Å²) in [5.41, 5.74) is 3.48. The van der Waals surface area contributed by atoms with Gasteiger partial charge in [0.2, 0.25) is 29.4 Å². The fourth-order valence-electron chi connectivity index (χ4n) is 3.30. The minimum atomic E-state index is -0.173. The summed E-state index contributed by atoms with van der Waals surface area (Å²) in [6.45, 7) is 2.26. The Hall–Kier alpha value is -3.81. The number of anilines is 1. The quantitative estimate of drug-likeness (QED) is 0.591. The van der Waals surface area contributed by atoms with Gasteiger partial charge in [0, 0.05) is 36.9 Å². The molecule has 0 unspecified atom stereocenters. The molecule has 4 rings (SSSR count). The molecule has 0 saturated carbocycles. The smallest absolute Gasteiger partial charge is 0.229 e. The molecule has 0 atom stereocenters. The van der Waals surface area contributed by atoms with Gasteiger partial charge in [0.15, 0.2) is 0 Å². The molecule has 1 aromatic heterocycles. The fourth-order valence-corrected chi connectivity index (χ4v) is 3.30. The van der Waals surface area contributed by atoms with Crippen molar-refractivity contribution in [2.45, 2.75) is 39.2 Å². The van der Waals surface area contributed by atoms with E-state index in [9.17, 15) is 14.4 Å². The number of likely N-dealkylation sites (tertiary alicyclic amines) is 1. The van der Waals surface area contributed by atoms with E-state index in [1.165, 1.54) is 4.90 Å². The van der Waals surface area contributed by atoms with Crippen LogP contribution in [-0.2, 0) is 27.3 Å². The number of carbonyl (C=O) groups excluding carboxylic acids is 3. The normalized spacial score (nSPS) is 13.6. The van der Waals surface area contributed by atoms with Gasteiger partial charge in [0.05, 0.1) is 6.54 Å². The molecule has 8 nitrogen and oxygen atoms in total. The largest absolute Gasteiger partial charge is 0.339 e. The molecule has 0 bridgehead atoms. The number of nitrogens with zero attached hydrogens (tertiary/aromatic N) is 3. The van der Waals surface area contributed by atoms with E-state index in [1.807, 2.05) is 31.2 Å². The number of aromatic nitrogens is 2. The fraction of sp³-hybridized carbons (Fsp3) is 0.261. The topological polar surface area (TPSA) is 105 Å². The van der Waals surface area contributed by atoms with Gasteiger partial charge in [-0.1, -0.05) is 47.1 Å². The predicted molar refractivity (Wildman–Crippen MR) is 113 cm³/mol. The Morgan fingerprint density at radius 1 is 1.03 bits per heavy atom. The van der Waals surface area contributed by atoms with Crippen molar-refractivity contribution in [3.63, 3.8) is 0 Å². The Labute approximate surface area is 179 Å². The van der Waals surface area contributed by atoms with Crippen LogP contribution in [0.15, 0.2) is 53.1 Å². The lowest BCUT2D eigenvalue weighted by Gasteiger charge is -2.14. The molecule has 3 amide bonds. The lowest BCUT2D eigenvalue weighted by atomic mass is 10.1. The third-order valence-electron chi connectivity index (χ3n) is 5.08. The predicted octanol–water partition coefficient (Wildman–Crippen LogP) is 3.27. The Balaban J connectivity index is 1.28. The van der Waals surface area contributed by atoms with E-state index in [4.69, 9.17) is 4.52 Å². The average Bonchev–Trinajstić information content (AvgIpc) is 3.36. The Bertz CT molecular complexity index is 1090. The lowest BCUT2D eigenvalue weighted by molar-refractivity contribution is -0.139. The minimum absolute atomic E-state index is 0.144. The van der Waals surface area contributed by atoms with E-state index >= 15 is 0 Å². The molecular formula is C23H22N4O4. The zero-order valence-corrected chi connectivity index (χ0v) is 17.1. The third kappa shape index (κ3) is 5.03. The maximum absolute atomic E-state index is 12.3. The molecule has 2 heterocycles. The number of hydrogen-bond acceptors (Lipinski definition) is 6. The summed E-state index contributed by atoms with van der Waals surface area (Å²) in [4.78, 5) is 41.3. The number of imide groups is 1. The SMILES string of the molecule is Cc1ccc(-c2noc(CCC(=O)Nc3ccc(CN4C(=O)CCC4=O)cc3)n2)cc1. The number of rotatable bonds is 7. The first-order valence-electron chi connectivity index (χ1n) is 10.1. The van der Waals surface area contributed by atoms with Crippen LogP contribution in [0.3, 0.4) is 0 Å². The van der Waals surface area contributed by atoms with Crippen LogP contribution in [-0.4, -0.2) is 32.8 Å². The van der Waals surface area contributed by atoms with Crippen molar-refractivity contribution in [1.29, 1.82) is 0 Å². The molecule has 1 aliphatic heterocycles. The van der Waals surface area contributed by atoms with E-state index in [1.54, 1.807) is 24.3 Å². The molecule has 1 fully saturated rings. The van der Waals surface area contributed by atoms with Crippen LogP contribution in [0.2, 0.25) is 0 Å². The molecule has 1 saturated heterocycles. The molecule has 8 heteroatoms. The van der Waals surface area contributed by atoms with Crippen molar-refractivity contribution in [1.82, 2.24) is 15.0 Å². The van der Waals surface area contributed by atoms with Gasteiger partial charge in [0.1, 0.15) is 0 Å². The van der Waals surface area contributed by atoms with Crippen molar-refractivity contribution in [3.8, 4) is 11.4 Å². The number of amides is 3. The van der Waals surface area contributed by atoms with Gasteiger partial charge in [-0.25, -0.2) is 0 Å². The summed E-state index contributed by atoms with van der Waals surface area (Å²) in [5.74, 6) is 0.442. The standard InChI is InChI=1S/C23H22N4O4/c1-15-2-6-17(7-3-15)23-25-20(31-26-23)11-10-19(28)24-18-8-4-16(5-9-18)14-27-21(29)12-13-22(27)30/h2-9H,10-14H2,1H3,(H,24,28). The number of nitrogens with one attached hydrogen (secondary N) is 1. The second-order valence-electron chi connectivity index (χ2n) is 7.50. The highest BCUT2D eigenvalue weighted by Gasteiger charge is 2.28. The molecule has 1 aliphatic rings. The molecule has 3 aromatic rings. The van der Waals surface area contributed by atoms with Crippen LogP contribution in [0.4, 0.5) is 5.69 Å². The van der Waals surface area contributed by atoms with Crippen LogP contribution < -0.4 is 5.32 Å². The zero-order valence-electron chi connectivity index (χ0n) is 17.1. The van der Waals surface area contributed by atoms with E-state index in [2.05, 4.69) is 15.5 Å².